The molecular formula is C13H17ClN6O3. The Balaban J connectivity index is 0.00000264. The summed E-state index contributed by atoms with van der Waals surface area (Å²) in [4.78, 5) is 17.3. The molecule has 0 aliphatic heterocycles. The monoisotopic (exact) mass is 340 g/mol. The van der Waals surface area contributed by atoms with Crippen LogP contribution in [-0.2, 0) is 5.54 Å². The minimum atomic E-state index is -0.801. The molecule has 0 saturated heterocycles. The first-order valence-corrected chi connectivity index (χ1v) is 6.40. The first kappa shape index (κ1) is 18.4. The van der Waals surface area contributed by atoms with Gasteiger partial charge in [-0.15, -0.1) is 12.4 Å². The molecule has 0 fully saturated rings. The van der Waals surface area contributed by atoms with Crippen molar-refractivity contribution in [2.45, 2.75) is 12.5 Å². The van der Waals surface area contributed by atoms with Crippen LogP contribution in [0.2, 0.25) is 0 Å². The number of anilines is 2. The molecule has 0 spiro atoms. The highest BCUT2D eigenvalue weighted by Crippen LogP contribution is 2.31. The highest BCUT2D eigenvalue weighted by Gasteiger charge is 2.27. The van der Waals surface area contributed by atoms with Gasteiger partial charge in [0.15, 0.2) is 0 Å². The van der Waals surface area contributed by atoms with Crippen LogP contribution in [0.25, 0.3) is 0 Å². The molecule has 1 heterocycles. The average Bonchev–Trinajstić information content (AvgIpc) is 2.45. The lowest BCUT2D eigenvalue weighted by molar-refractivity contribution is -0.385. The summed E-state index contributed by atoms with van der Waals surface area (Å²) in [5.41, 5.74) is 11.0. The zero-order valence-electron chi connectivity index (χ0n) is 12.3. The highest BCUT2D eigenvalue weighted by molar-refractivity contribution is 5.85. The van der Waals surface area contributed by atoms with Gasteiger partial charge in [0.2, 0.25) is 11.8 Å². The fourth-order valence-electron chi connectivity index (χ4n) is 1.94. The van der Waals surface area contributed by atoms with Gasteiger partial charge in [0.25, 0.3) is 5.88 Å². The summed E-state index contributed by atoms with van der Waals surface area (Å²) in [5.74, 6) is -1.25. The Bertz CT molecular complexity index is 696. The van der Waals surface area contributed by atoms with Gasteiger partial charge in [-0.2, -0.15) is 9.97 Å². The maximum atomic E-state index is 11.0. The molecule has 1 aromatic carbocycles. The van der Waals surface area contributed by atoms with E-state index in [9.17, 15) is 15.2 Å². The zero-order valence-corrected chi connectivity index (χ0v) is 13.1. The van der Waals surface area contributed by atoms with Crippen molar-refractivity contribution < 1.29 is 10.0 Å². The van der Waals surface area contributed by atoms with E-state index in [1.54, 1.807) is 6.92 Å². The molecule has 0 radical (unpaired) electrons. The summed E-state index contributed by atoms with van der Waals surface area (Å²) in [6, 6.07) is 9.25. The molecule has 10 heteroatoms. The van der Waals surface area contributed by atoms with E-state index in [0.717, 1.165) is 5.56 Å². The Morgan fingerprint density at radius 3 is 2.52 bits per heavy atom. The van der Waals surface area contributed by atoms with E-state index in [-0.39, 0.29) is 30.7 Å². The number of nitrogens with two attached hydrogens (primary N) is 2. The second kappa shape index (κ2) is 7.07. The Kier molecular flexibility index (Phi) is 5.66. The number of halogens is 1. The van der Waals surface area contributed by atoms with E-state index >= 15 is 0 Å². The molecule has 2 aromatic rings. The molecule has 1 aromatic heterocycles. The minimum Gasteiger partial charge on any atom is -0.488 e. The molecule has 6 N–H and O–H groups in total. The van der Waals surface area contributed by atoms with Crippen molar-refractivity contribution in [2.75, 3.05) is 17.6 Å². The normalized spacial score (nSPS) is 12.8. The number of nitrogens with one attached hydrogen (secondary N) is 1. The Morgan fingerprint density at radius 2 is 1.96 bits per heavy atom. The Morgan fingerprint density at radius 1 is 1.35 bits per heavy atom. The quantitative estimate of drug-likeness (QED) is 0.470. The van der Waals surface area contributed by atoms with Crippen molar-refractivity contribution in [3.63, 3.8) is 0 Å². The van der Waals surface area contributed by atoms with Crippen LogP contribution in [0.1, 0.15) is 12.5 Å². The molecule has 0 aliphatic rings. The van der Waals surface area contributed by atoms with Crippen LogP contribution in [0.15, 0.2) is 30.3 Å². The second-order valence-corrected chi connectivity index (χ2v) is 5.00. The number of aromatic hydroxyl groups is 1. The van der Waals surface area contributed by atoms with E-state index in [1.165, 1.54) is 0 Å². The van der Waals surface area contributed by atoms with Crippen LogP contribution < -0.4 is 16.8 Å². The summed E-state index contributed by atoms with van der Waals surface area (Å²) in [6.07, 6.45) is 0. The Hall–Kier alpha value is -2.65. The van der Waals surface area contributed by atoms with Crippen LogP contribution in [-0.4, -0.2) is 26.5 Å². The maximum Gasteiger partial charge on any atom is 0.372 e. The van der Waals surface area contributed by atoms with Gasteiger partial charge in [0, 0.05) is 6.54 Å². The van der Waals surface area contributed by atoms with Crippen LogP contribution in [0.3, 0.4) is 0 Å². The first-order valence-electron chi connectivity index (χ1n) is 6.40. The number of aromatic nitrogens is 2. The Labute approximate surface area is 138 Å². The van der Waals surface area contributed by atoms with Crippen LogP contribution in [0.4, 0.5) is 17.5 Å². The van der Waals surface area contributed by atoms with Crippen molar-refractivity contribution in [2.24, 2.45) is 5.73 Å². The lowest BCUT2D eigenvalue weighted by Gasteiger charge is -2.25. The summed E-state index contributed by atoms with van der Waals surface area (Å²) in [5, 5.41) is 23.3. The summed E-state index contributed by atoms with van der Waals surface area (Å²) in [7, 11) is 0. The second-order valence-electron chi connectivity index (χ2n) is 5.00. The topological polar surface area (TPSA) is 153 Å². The van der Waals surface area contributed by atoms with E-state index < -0.39 is 22.0 Å². The largest absolute Gasteiger partial charge is 0.488 e. The number of nitro groups is 1. The lowest BCUT2D eigenvalue weighted by atomic mass is 9.93. The van der Waals surface area contributed by atoms with Crippen LogP contribution >= 0.6 is 12.4 Å². The smallest absolute Gasteiger partial charge is 0.372 e. The van der Waals surface area contributed by atoms with E-state index in [4.69, 9.17) is 11.5 Å². The number of nitrogen functional groups attached to an aromatic ring is 1. The molecule has 0 bridgehead atoms. The minimum absolute atomic E-state index is 0. The summed E-state index contributed by atoms with van der Waals surface area (Å²) in [6.45, 7) is 1.92. The van der Waals surface area contributed by atoms with E-state index in [2.05, 4.69) is 15.3 Å². The van der Waals surface area contributed by atoms with Crippen molar-refractivity contribution >= 4 is 29.9 Å². The average molecular weight is 341 g/mol. The molecule has 9 nitrogen and oxygen atoms in total. The molecular weight excluding hydrogens is 324 g/mol. The maximum absolute atomic E-state index is 11.0. The summed E-state index contributed by atoms with van der Waals surface area (Å²) >= 11 is 0. The predicted molar refractivity (Wildman–Crippen MR) is 88.5 cm³/mol. The molecule has 1 atom stereocenters. The molecule has 124 valence electrons. The molecule has 0 saturated carbocycles. The number of nitrogens with zero attached hydrogens (tertiary/aromatic N) is 3. The first-order chi connectivity index (χ1) is 10.3. The molecule has 23 heavy (non-hydrogen) atoms. The van der Waals surface area contributed by atoms with Crippen LogP contribution in [0.5, 0.6) is 5.88 Å². The zero-order chi connectivity index (χ0) is 16.3. The van der Waals surface area contributed by atoms with Gasteiger partial charge in [-0.1, -0.05) is 30.3 Å². The van der Waals surface area contributed by atoms with Gasteiger partial charge in [0.1, 0.15) is 0 Å². The third-order valence-corrected chi connectivity index (χ3v) is 3.12. The summed E-state index contributed by atoms with van der Waals surface area (Å²) < 4.78 is 0. The van der Waals surface area contributed by atoms with Crippen molar-refractivity contribution in [1.82, 2.24) is 9.97 Å². The predicted octanol–water partition coefficient (Wildman–Crippen LogP) is 1.38. The fourth-order valence-corrected chi connectivity index (χ4v) is 1.94. The van der Waals surface area contributed by atoms with Gasteiger partial charge in [-0.05, 0) is 12.5 Å². The van der Waals surface area contributed by atoms with E-state index in [1.807, 2.05) is 30.3 Å². The van der Waals surface area contributed by atoms with Crippen molar-refractivity contribution in [1.29, 1.82) is 0 Å². The van der Waals surface area contributed by atoms with Crippen molar-refractivity contribution in [3.05, 3.63) is 46.0 Å². The molecule has 0 aliphatic carbocycles. The number of hydrogen-bond acceptors (Lipinski definition) is 8. The van der Waals surface area contributed by atoms with Gasteiger partial charge in [-0.3, -0.25) is 10.1 Å². The molecule has 1 unspecified atom stereocenters. The third-order valence-electron chi connectivity index (χ3n) is 3.12. The highest BCUT2D eigenvalue weighted by atomic mass is 35.5. The number of rotatable bonds is 5. The number of hydrogen-bond donors (Lipinski definition) is 4. The molecule has 0 amide bonds. The van der Waals surface area contributed by atoms with Gasteiger partial charge in [-0.25, -0.2) is 0 Å². The van der Waals surface area contributed by atoms with Gasteiger partial charge >= 0.3 is 5.69 Å². The van der Waals surface area contributed by atoms with E-state index in [0.29, 0.717) is 0 Å². The molecule has 2 rings (SSSR count). The van der Waals surface area contributed by atoms with Gasteiger partial charge in [0.05, 0.1) is 10.5 Å². The number of benzene rings is 1. The standard InChI is InChI=1S/C13H16N6O3.ClH/c1-13(15,8-5-3-2-4-6-8)7-16-10-9(19(21)22)11(20)18-12(14)17-10;/h2-6H,7,15H2,1H3,(H4,14,16,17,18,20);1H. The third kappa shape index (κ3) is 4.18. The van der Waals surface area contributed by atoms with Crippen molar-refractivity contribution in [3.8, 4) is 5.88 Å². The SMILES string of the molecule is CC(N)(CNc1nc(N)nc(O)c1[N+](=O)[O-])c1ccccc1.Cl. The van der Waals surface area contributed by atoms with Gasteiger partial charge < -0.3 is 21.9 Å². The van der Waals surface area contributed by atoms with Crippen LogP contribution in [0, 0.1) is 10.1 Å². The fraction of sp³-hybridized carbons (Fsp3) is 0.231. The lowest BCUT2D eigenvalue weighted by Crippen LogP contribution is -2.40.